The fraction of sp³-hybridized carbons (Fsp3) is 0.263. The predicted molar refractivity (Wildman–Crippen MR) is 96.3 cm³/mol. The van der Waals surface area contributed by atoms with Gasteiger partial charge in [-0.2, -0.15) is 13.2 Å². The van der Waals surface area contributed by atoms with E-state index in [1.807, 2.05) is 0 Å². The lowest BCUT2D eigenvalue weighted by atomic mass is 10.2. The van der Waals surface area contributed by atoms with Crippen molar-refractivity contribution in [3.63, 3.8) is 0 Å². The van der Waals surface area contributed by atoms with Crippen LogP contribution < -0.4 is 15.5 Å². The van der Waals surface area contributed by atoms with Gasteiger partial charge in [0, 0.05) is 11.4 Å². The normalized spacial score (nSPS) is 13.5. The van der Waals surface area contributed by atoms with Crippen molar-refractivity contribution in [3.05, 3.63) is 59.9 Å². The lowest BCUT2D eigenvalue weighted by Crippen LogP contribution is -3.14. The number of quaternary nitrogens is 1. The van der Waals surface area contributed by atoms with Crippen LogP contribution in [0.4, 0.5) is 28.9 Å². The number of anilines is 2. The van der Waals surface area contributed by atoms with E-state index < -0.39 is 29.5 Å². The summed E-state index contributed by atoms with van der Waals surface area (Å²) >= 11 is 0. The van der Waals surface area contributed by atoms with Gasteiger partial charge in [0.15, 0.2) is 12.6 Å². The molecule has 2 rings (SSSR count). The Morgan fingerprint density at radius 1 is 0.964 bits per heavy atom. The number of benzene rings is 2. The number of alkyl halides is 3. The number of halogens is 4. The zero-order chi connectivity index (χ0) is 20.9. The van der Waals surface area contributed by atoms with Gasteiger partial charge in [0.2, 0.25) is 0 Å². The molecule has 2 aromatic rings. The van der Waals surface area contributed by atoms with Crippen molar-refractivity contribution in [1.29, 1.82) is 0 Å². The van der Waals surface area contributed by atoms with E-state index in [4.69, 9.17) is 0 Å². The first-order valence-electron chi connectivity index (χ1n) is 8.42. The Balaban J connectivity index is 1.89. The molecule has 150 valence electrons. The van der Waals surface area contributed by atoms with Crippen LogP contribution >= 0.6 is 0 Å². The highest BCUT2D eigenvalue weighted by Crippen LogP contribution is 2.29. The molecule has 0 heterocycles. The van der Waals surface area contributed by atoms with Crippen molar-refractivity contribution in [3.8, 4) is 0 Å². The molecule has 0 aliphatic rings. The first kappa shape index (κ1) is 21.4. The standard InChI is InChI=1S/C19H19F4N3O2/c1-12(18(28)25-16-7-3-13(4-8-16)19(21,22)23)26(2)11-17(27)24-15-9-5-14(20)6-10-15/h3-10,12H,11H2,1-2H3,(H,24,27)(H,25,28)/p+1/t12-/m1/s1. The molecule has 0 spiro atoms. The van der Waals surface area contributed by atoms with Crippen LogP contribution in [-0.2, 0) is 15.8 Å². The maximum Gasteiger partial charge on any atom is 0.416 e. The number of carbonyl (C=O) groups is 2. The average Bonchev–Trinajstić information content (AvgIpc) is 2.62. The van der Waals surface area contributed by atoms with Gasteiger partial charge in [0.1, 0.15) is 5.82 Å². The molecule has 2 atom stereocenters. The fourth-order valence-electron chi connectivity index (χ4n) is 2.36. The summed E-state index contributed by atoms with van der Waals surface area (Å²) in [6.07, 6.45) is -4.45. The third-order valence-corrected chi connectivity index (χ3v) is 4.18. The van der Waals surface area contributed by atoms with Gasteiger partial charge in [-0.25, -0.2) is 4.39 Å². The van der Waals surface area contributed by atoms with E-state index in [1.54, 1.807) is 14.0 Å². The maximum absolute atomic E-state index is 12.9. The molecule has 9 heteroatoms. The minimum atomic E-state index is -4.45. The Hall–Kier alpha value is -2.94. The molecule has 0 saturated carbocycles. The molecule has 0 radical (unpaired) electrons. The van der Waals surface area contributed by atoms with Gasteiger partial charge in [-0.15, -0.1) is 0 Å². The molecular weight excluding hydrogens is 378 g/mol. The second-order valence-electron chi connectivity index (χ2n) is 6.36. The molecule has 0 fully saturated rings. The van der Waals surface area contributed by atoms with E-state index >= 15 is 0 Å². The maximum atomic E-state index is 12.9. The van der Waals surface area contributed by atoms with E-state index in [2.05, 4.69) is 10.6 Å². The highest BCUT2D eigenvalue weighted by Gasteiger charge is 2.30. The van der Waals surface area contributed by atoms with E-state index in [0.717, 1.165) is 12.1 Å². The van der Waals surface area contributed by atoms with Gasteiger partial charge in [-0.05, 0) is 55.5 Å². The zero-order valence-corrected chi connectivity index (χ0v) is 15.2. The second-order valence-corrected chi connectivity index (χ2v) is 6.36. The Kier molecular flexibility index (Phi) is 6.74. The topological polar surface area (TPSA) is 62.6 Å². The minimum Gasteiger partial charge on any atom is -0.321 e. The monoisotopic (exact) mass is 398 g/mol. The molecule has 0 bridgehead atoms. The zero-order valence-electron chi connectivity index (χ0n) is 15.2. The van der Waals surface area contributed by atoms with E-state index in [-0.39, 0.29) is 18.1 Å². The largest absolute Gasteiger partial charge is 0.416 e. The van der Waals surface area contributed by atoms with Crippen molar-refractivity contribution < 1.29 is 32.1 Å². The van der Waals surface area contributed by atoms with Crippen LogP contribution in [0.15, 0.2) is 48.5 Å². The predicted octanol–water partition coefficient (Wildman–Crippen LogP) is 2.32. The third-order valence-electron chi connectivity index (χ3n) is 4.18. The molecule has 2 amide bonds. The SMILES string of the molecule is C[C@H](C(=O)Nc1ccc(C(F)(F)F)cc1)[NH+](C)CC(=O)Nc1ccc(F)cc1. The Morgan fingerprint density at radius 2 is 1.46 bits per heavy atom. The lowest BCUT2D eigenvalue weighted by molar-refractivity contribution is -0.885. The summed E-state index contributed by atoms with van der Waals surface area (Å²) in [5.74, 6) is -1.22. The molecule has 0 aliphatic heterocycles. The van der Waals surface area contributed by atoms with Crippen LogP contribution in [-0.4, -0.2) is 31.4 Å². The average molecular weight is 398 g/mol. The summed E-state index contributed by atoms with van der Waals surface area (Å²) in [5.41, 5.74) is -0.145. The van der Waals surface area contributed by atoms with Gasteiger partial charge in [0.25, 0.3) is 11.8 Å². The number of hydrogen-bond acceptors (Lipinski definition) is 2. The van der Waals surface area contributed by atoms with Crippen LogP contribution in [0.25, 0.3) is 0 Å². The van der Waals surface area contributed by atoms with Crippen molar-refractivity contribution in [2.45, 2.75) is 19.1 Å². The second kappa shape index (κ2) is 8.83. The number of amides is 2. The van der Waals surface area contributed by atoms with Crippen LogP contribution in [0.5, 0.6) is 0 Å². The first-order valence-corrected chi connectivity index (χ1v) is 8.42. The van der Waals surface area contributed by atoms with Gasteiger partial charge in [0.05, 0.1) is 12.6 Å². The summed E-state index contributed by atoms with van der Waals surface area (Å²) < 4.78 is 50.6. The minimum absolute atomic E-state index is 0.0288. The van der Waals surface area contributed by atoms with Crippen LogP contribution in [0.3, 0.4) is 0 Å². The Labute approximate surface area is 159 Å². The van der Waals surface area contributed by atoms with Crippen LogP contribution in [0, 0.1) is 5.82 Å². The molecule has 5 nitrogen and oxygen atoms in total. The smallest absolute Gasteiger partial charge is 0.321 e. The molecule has 0 aromatic heterocycles. The summed E-state index contributed by atoms with van der Waals surface area (Å²) in [6, 6.07) is 8.74. The number of likely N-dealkylation sites (N-methyl/N-ethyl adjacent to an activating group) is 1. The molecule has 3 N–H and O–H groups in total. The third kappa shape index (κ3) is 6.05. The molecule has 2 aromatic carbocycles. The quantitative estimate of drug-likeness (QED) is 0.654. The highest BCUT2D eigenvalue weighted by atomic mass is 19.4. The lowest BCUT2D eigenvalue weighted by Gasteiger charge is -2.20. The number of nitrogens with one attached hydrogen (secondary N) is 3. The fourth-order valence-corrected chi connectivity index (χ4v) is 2.36. The summed E-state index contributed by atoms with van der Waals surface area (Å²) in [7, 11) is 1.64. The first-order chi connectivity index (χ1) is 13.1. The number of hydrogen-bond donors (Lipinski definition) is 3. The van der Waals surface area contributed by atoms with Gasteiger partial charge in [-0.3, -0.25) is 9.59 Å². The van der Waals surface area contributed by atoms with E-state index in [0.29, 0.717) is 10.6 Å². The van der Waals surface area contributed by atoms with Gasteiger partial charge in [-0.1, -0.05) is 0 Å². The van der Waals surface area contributed by atoms with Crippen molar-refractivity contribution in [2.75, 3.05) is 24.2 Å². The molecule has 1 unspecified atom stereocenters. The summed E-state index contributed by atoms with van der Waals surface area (Å²) in [4.78, 5) is 24.9. The van der Waals surface area contributed by atoms with Crippen molar-refractivity contribution in [2.24, 2.45) is 0 Å². The highest BCUT2D eigenvalue weighted by molar-refractivity contribution is 5.94. The molecule has 28 heavy (non-hydrogen) atoms. The Bertz CT molecular complexity index is 821. The number of carbonyl (C=O) groups excluding carboxylic acids is 2. The van der Waals surface area contributed by atoms with Crippen molar-refractivity contribution >= 4 is 23.2 Å². The number of rotatable bonds is 6. The van der Waals surface area contributed by atoms with Crippen molar-refractivity contribution in [1.82, 2.24) is 0 Å². The van der Waals surface area contributed by atoms with E-state index in [1.165, 1.54) is 36.4 Å². The Morgan fingerprint density at radius 3 is 2.00 bits per heavy atom. The summed E-state index contributed by atoms with van der Waals surface area (Å²) in [6.45, 7) is 1.57. The van der Waals surface area contributed by atoms with Crippen LogP contribution in [0.2, 0.25) is 0 Å². The van der Waals surface area contributed by atoms with Gasteiger partial charge < -0.3 is 15.5 Å². The summed E-state index contributed by atoms with van der Waals surface area (Å²) in [5, 5.41) is 5.13. The molecule has 0 saturated heterocycles. The molecule has 0 aliphatic carbocycles. The molecular formula is C19H20F4N3O2+. The van der Waals surface area contributed by atoms with Crippen LogP contribution in [0.1, 0.15) is 12.5 Å². The van der Waals surface area contributed by atoms with E-state index in [9.17, 15) is 27.2 Å². The van der Waals surface area contributed by atoms with Gasteiger partial charge >= 0.3 is 6.18 Å².